The molecule has 1 unspecified atom stereocenters. The average Bonchev–Trinajstić information content (AvgIpc) is 3.62. The van der Waals surface area contributed by atoms with E-state index in [-0.39, 0.29) is 19.8 Å². The van der Waals surface area contributed by atoms with Gasteiger partial charge in [-0.2, -0.15) is 0 Å². The molecule has 50 heavy (non-hydrogen) atoms. The van der Waals surface area contributed by atoms with Crippen molar-refractivity contribution in [3.8, 4) is 0 Å². The van der Waals surface area contributed by atoms with E-state index in [0.717, 1.165) is 29.9 Å². The van der Waals surface area contributed by atoms with E-state index in [4.69, 9.17) is 14.2 Å². The van der Waals surface area contributed by atoms with Crippen molar-refractivity contribution in [1.82, 2.24) is 10.2 Å². The van der Waals surface area contributed by atoms with Gasteiger partial charge in [0.25, 0.3) is 5.91 Å². The third kappa shape index (κ3) is 15.6. The number of benzene rings is 1. The molecule has 1 saturated heterocycles. The van der Waals surface area contributed by atoms with E-state index in [9.17, 15) is 14.4 Å². The lowest BCUT2D eigenvalue weighted by Gasteiger charge is -2.28. The summed E-state index contributed by atoms with van der Waals surface area (Å²) in [5, 5.41) is 2.85. The van der Waals surface area contributed by atoms with Crippen LogP contribution in [0.15, 0.2) is 54.7 Å². The number of imide groups is 1. The minimum Gasteiger partial charge on any atom is -0.446 e. The van der Waals surface area contributed by atoms with E-state index < -0.39 is 23.7 Å². The first-order valence-electron chi connectivity index (χ1n) is 19.5. The topological polar surface area (TPSA) is 98.0 Å². The Morgan fingerprint density at radius 3 is 1.92 bits per heavy atom. The fraction of sp³-hybridized carbons (Fsp3) is 0.659. The highest BCUT2D eigenvalue weighted by atomic mass is 16.6. The molecule has 2 aromatic rings. The van der Waals surface area contributed by atoms with Crippen LogP contribution in [0.2, 0.25) is 0 Å². The van der Waals surface area contributed by atoms with Crippen LogP contribution in [0.1, 0.15) is 145 Å². The molecule has 3 amide bonds. The normalized spacial score (nSPS) is 15.5. The smallest absolute Gasteiger partial charge is 0.417 e. The van der Waals surface area contributed by atoms with Crippen molar-refractivity contribution < 1.29 is 33.2 Å². The maximum Gasteiger partial charge on any atom is 0.417 e. The Balaban J connectivity index is 1.32. The van der Waals surface area contributed by atoms with Gasteiger partial charge < -0.3 is 19.5 Å². The molecular weight excluding hydrogens is 630 g/mol. The number of nitrogens with one attached hydrogen (secondary N) is 1. The molecule has 1 aliphatic heterocycles. The molecule has 1 fully saturated rings. The van der Waals surface area contributed by atoms with Gasteiger partial charge in [-0.15, -0.1) is 0 Å². The van der Waals surface area contributed by atoms with Crippen LogP contribution in [0.3, 0.4) is 0 Å². The molecule has 0 aliphatic carbocycles. The Hall–Kier alpha value is -3.46. The lowest BCUT2D eigenvalue weighted by atomic mass is 10.0. The number of unbranched alkanes of at least 4 members (excludes halogenated alkanes) is 15. The fourth-order valence-corrected chi connectivity index (χ4v) is 6.49. The highest BCUT2D eigenvalue weighted by Gasteiger charge is 2.39. The van der Waals surface area contributed by atoms with Gasteiger partial charge >= 0.3 is 12.2 Å². The second-order valence-corrected chi connectivity index (χ2v) is 13.7. The van der Waals surface area contributed by atoms with Gasteiger partial charge in [0.05, 0.1) is 0 Å². The van der Waals surface area contributed by atoms with Crippen LogP contribution in [0.4, 0.5) is 9.59 Å². The van der Waals surface area contributed by atoms with Crippen molar-refractivity contribution in [3.63, 3.8) is 0 Å². The number of amides is 3. The summed E-state index contributed by atoms with van der Waals surface area (Å²) in [6.07, 6.45) is 22.9. The van der Waals surface area contributed by atoms with Crippen molar-refractivity contribution >= 4 is 18.1 Å². The van der Waals surface area contributed by atoms with E-state index in [1.807, 2.05) is 42.0 Å². The molecule has 3 rings (SSSR count). The molecule has 1 atom stereocenters. The summed E-state index contributed by atoms with van der Waals surface area (Å²) < 4.78 is 19.2. The number of carbonyl (C=O) groups is 3. The summed E-state index contributed by atoms with van der Waals surface area (Å²) in [7, 11) is 0. The number of carbonyl (C=O) groups excluding carboxylic acids is 3. The summed E-state index contributed by atoms with van der Waals surface area (Å²) >= 11 is 0. The van der Waals surface area contributed by atoms with Gasteiger partial charge in [-0.1, -0.05) is 128 Å². The molecule has 1 N–H and O–H groups in total. The maximum absolute atomic E-state index is 13.5. The number of hydrogen-bond acceptors (Lipinski definition) is 6. The Morgan fingerprint density at radius 1 is 0.760 bits per heavy atom. The van der Waals surface area contributed by atoms with Crippen LogP contribution in [0, 0.1) is 0 Å². The van der Waals surface area contributed by atoms with Gasteiger partial charge in [0.15, 0.2) is 6.20 Å². The minimum atomic E-state index is -0.946. The van der Waals surface area contributed by atoms with E-state index in [2.05, 4.69) is 12.2 Å². The van der Waals surface area contributed by atoms with Crippen molar-refractivity contribution in [3.05, 3.63) is 66.0 Å². The average molecular weight is 695 g/mol. The summed E-state index contributed by atoms with van der Waals surface area (Å²) in [5.74, 6) is -0.451. The van der Waals surface area contributed by atoms with Crippen molar-refractivity contribution in [2.75, 3.05) is 26.4 Å². The molecule has 0 radical (unpaired) electrons. The summed E-state index contributed by atoms with van der Waals surface area (Å²) in [6.45, 7) is 5.90. The molecule has 0 saturated carbocycles. The largest absolute Gasteiger partial charge is 0.446 e. The van der Waals surface area contributed by atoms with Gasteiger partial charge in [-0.05, 0) is 38.3 Å². The molecule has 2 heterocycles. The van der Waals surface area contributed by atoms with E-state index in [0.29, 0.717) is 31.7 Å². The minimum absolute atomic E-state index is 0.0355. The highest BCUT2D eigenvalue weighted by Crippen LogP contribution is 2.27. The van der Waals surface area contributed by atoms with Gasteiger partial charge in [0.2, 0.25) is 5.69 Å². The Morgan fingerprint density at radius 2 is 1.34 bits per heavy atom. The van der Waals surface area contributed by atoms with Crippen LogP contribution in [0.25, 0.3) is 0 Å². The zero-order chi connectivity index (χ0) is 35.7. The predicted octanol–water partition coefficient (Wildman–Crippen LogP) is 9.31. The highest BCUT2D eigenvalue weighted by molar-refractivity contribution is 6.02. The molecule has 9 nitrogen and oxygen atoms in total. The molecule has 1 aromatic carbocycles. The zero-order valence-corrected chi connectivity index (χ0v) is 31.0. The van der Waals surface area contributed by atoms with E-state index in [1.54, 1.807) is 24.3 Å². The zero-order valence-electron chi connectivity index (χ0n) is 31.0. The second-order valence-electron chi connectivity index (χ2n) is 13.7. The van der Waals surface area contributed by atoms with E-state index in [1.165, 1.54) is 89.9 Å². The number of hydrogen-bond donors (Lipinski definition) is 1. The number of alkyl carbamates (subject to hydrolysis) is 1. The molecular formula is C41H64N3O6+. The Kier molecular flexibility index (Phi) is 20.2. The standard InChI is InChI=1S/C41H63N3O6/c1-3-5-6-7-8-9-10-11-12-13-14-15-16-17-18-23-30-42-39(46)48-34-41(29-25-32-50-41)35-49-40(47)44(38(45)36-26-20-19-21-27-36)33-37-28-22-24-31-43(37)4-2/h19-22,24,26-28,31H,3-18,23,25,29-30,32-35H2,1-2H3/p+1. The molecule has 9 heteroatoms. The first-order valence-corrected chi connectivity index (χ1v) is 19.5. The SMILES string of the molecule is CCCCCCCCCCCCCCCCCCNC(=O)OCC1(COC(=O)N(Cc2cccc[n+]2CC)C(=O)c2ccccc2)CCCO1. The molecule has 278 valence electrons. The fourth-order valence-electron chi connectivity index (χ4n) is 6.49. The summed E-state index contributed by atoms with van der Waals surface area (Å²) in [5.41, 5.74) is 0.241. The molecule has 0 bridgehead atoms. The Bertz CT molecular complexity index is 1230. The van der Waals surface area contributed by atoms with Crippen LogP contribution in [-0.2, 0) is 27.3 Å². The van der Waals surface area contributed by atoms with Crippen molar-refractivity contribution in [2.45, 2.75) is 148 Å². The second kappa shape index (κ2) is 24.6. The van der Waals surface area contributed by atoms with Gasteiger partial charge in [0, 0.05) is 30.8 Å². The monoisotopic (exact) mass is 694 g/mol. The number of rotatable bonds is 25. The van der Waals surface area contributed by atoms with Gasteiger partial charge in [0.1, 0.15) is 31.9 Å². The van der Waals surface area contributed by atoms with Crippen LogP contribution in [0.5, 0.6) is 0 Å². The van der Waals surface area contributed by atoms with Crippen LogP contribution < -0.4 is 9.88 Å². The number of aromatic nitrogens is 1. The number of nitrogens with zero attached hydrogens (tertiary/aromatic N) is 2. The first kappa shape index (κ1) is 41.0. The lowest BCUT2D eigenvalue weighted by molar-refractivity contribution is -0.701. The molecule has 1 aliphatic rings. The Labute approximate surface area is 301 Å². The van der Waals surface area contributed by atoms with Gasteiger partial charge in [-0.3, -0.25) is 4.79 Å². The number of aryl methyl sites for hydroxylation is 1. The predicted molar refractivity (Wildman–Crippen MR) is 197 cm³/mol. The number of ether oxygens (including phenoxy) is 3. The third-order valence-electron chi connectivity index (χ3n) is 9.59. The third-order valence-corrected chi connectivity index (χ3v) is 9.59. The number of pyridine rings is 1. The van der Waals surface area contributed by atoms with Crippen LogP contribution in [-0.4, -0.2) is 55.0 Å². The van der Waals surface area contributed by atoms with Crippen LogP contribution >= 0.6 is 0 Å². The maximum atomic E-state index is 13.5. The van der Waals surface area contributed by atoms with E-state index >= 15 is 0 Å². The quantitative estimate of drug-likeness (QED) is 0.0822. The van der Waals surface area contributed by atoms with Crippen molar-refractivity contribution in [1.29, 1.82) is 0 Å². The summed E-state index contributed by atoms with van der Waals surface area (Å²) in [6, 6.07) is 14.4. The van der Waals surface area contributed by atoms with Crippen molar-refractivity contribution in [2.24, 2.45) is 0 Å². The van der Waals surface area contributed by atoms with Gasteiger partial charge in [-0.25, -0.2) is 19.1 Å². The summed E-state index contributed by atoms with van der Waals surface area (Å²) in [4.78, 5) is 40.6. The lowest BCUT2D eigenvalue weighted by Crippen LogP contribution is -2.46. The first-order chi connectivity index (χ1) is 24.5. The molecule has 0 spiro atoms. The molecule has 1 aromatic heterocycles.